The van der Waals surface area contributed by atoms with E-state index in [4.69, 9.17) is 14.6 Å². The number of aromatic nitrogens is 2. The molecule has 0 spiro atoms. The Morgan fingerprint density at radius 2 is 2.04 bits per heavy atom. The minimum Gasteiger partial charge on any atom is -0.400 e. The van der Waals surface area contributed by atoms with Crippen LogP contribution in [-0.4, -0.2) is 39.4 Å². The summed E-state index contributed by atoms with van der Waals surface area (Å²) in [4.78, 5) is 11.3. The maximum atomic E-state index is 11.3. The Morgan fingerprint density at radius 1 is 1.43 bits per heavy atom. The Kier molecular flexibility index (Phi) is 5.04. The SMILES string of the molecule is CC(=O)SCC(=Cc1cn[nH]c1C#N)B1OC(C)(C)C(C)(C)O1. The average Bonchev–Trinajstić information content (AvgIpc) is 2.96. The zero-order valence-corrected chi connectivity index (χ0v) is 14.8. The maximum Gasteiger partial charge on any atom is 0.491 e. The van der Waals surface area contributed by atoms with Crippen molar-refractivity contribution in [2.24, 2.45) is 0 Å². The lowest BCUT2D eigenvalue weighted by Gasteiger charge is -2.32. The lowest BCUT2D eigenvalue weighted by molar-refractivity contribution is -0.109. The van der Waals surface area contributed by atoms with E-state index >= 15 is 0 Å². The first-order valence-electron chi connectivity index (χ1n) is 7.29. The van der Waals surface area contributed by atoms with Gasteiger partial charge in [-0.3, -0.25) is 9.89 Å². The van der Waals surface area contributed by atoms with E-state index in [2.05, 4.69) is 16.3 Å². The first-order chi connectivity index (χ1) is 10.7. The molecule has 2 rings (SSSR count). The van der Waals surface area contributed by atoms with E-state index in [1.54, 1.807) is 12.3 Å². The standard InChI is InChI=1S/C15H20BN3O3S/c1-10(20)23-9-12(6-11-8-18-19-13(11)7-17)16-21-14(2,3)15(4,5)22-16/h6,8H,9H2,1-5H3,(H,18,19). The smallest absolute Gasteiger partial charge is 0.400 e. The van der Waals surface area contributed by atoms with Gasteiger partial charge in [0.15, 0.2) is 5.12 Å². The van der Waals surface area contributed by atoms with Crippen molar-refractivity contribution in [3.63, 3.8) is 0 Å². The minimum atomic E-state index is -0.562. The Hall–Kier alpha value is -1.56. The number of hydrogen-bond donors (Lipinski definition) is 1. The lowest BCUT2D eigenvalue weighted by Crippen LogP contribution is -2.41. The highest BCUT2D eigenvalue weighted by Gasteiger charge is 2.52. The van der Waals surface area contributed by atoms with Crippen molar-refractivity contribution < 1.29 is 14.1 Å². The highest BCUT2D eigenvalue weighted by Crippen LogP contribution is 2.39. The third-order valence-electron chi connectivity index (χ3n) is 4.12. The molecule has 23 heavy (non-hydrogen) atoms. The number of nitrogens with zero attached hydrogens (tertiary/aromatic N) is 2. The largest absolute Gasteiger partial charge is 0.491 e. The molecule has 0 aliphatic carbocycles. The maximum absolute atomic E-state index is 11.3. The minimum absolute atomic E-state index is 0.0140. The van der Waals surface area contributed by atoms with Crippen LogP contribution in [0.5, 0.6) is 0 Å². The lowest BCUT2D eigenvalue weighted by atomic mass is 9.78. The van der Waals surface area contributed by atoms with E-state index in [1.807, 2.05) is 27.7 Å². The van der Waals surface area contributed by atoms with E-state index in [-0.39, 0.29) is 5.12 Å². The summed E-state index contributed by atoms with van der Waals surface area (Å²) in [6.07, 6.45) is 3.38. The predicted octanol–water partition coefficient (Wildman–Crippen LogP) is 2.58. The quantitative estimate of drug-likeness (QED) is 0.852. The molecular weight excluding hydrogens is 313 g/mol. The number of aromatic amines is 1. The number of nitrogens with one attached hydrogen (secondary N) is 1. The predicted molar refractivity (Wildman–Crippen MR) is 90.5 cm³/mol. The first-order valence-corrected chi connectivity index (χ1v) is 8.28. The van der Waals surface area contributed by atoms with Crippen LogP contribution < -0.4 is 0 Å². The molecule has 8 heteroatoms. The third kappa shape index (κ3) is 3.86. The summed E-state index contributed by atoms with van der Waals surface area (Å²) < 4.78 is 12.1. The second-order valence-electron chi connectivity index (χ2n) is 6.40. The summed E-state index contributed by atoms with van der Waals surface area (Å²) in [5.41, 5.74) is 0.882. The zero-order chi connectivity index (χ0) is 17.3. The molecule has 1 N–H and O–H groups in total. The van der Waals surface area contributed by atoms with Gasteiger partial charge in [-0.25, -0.2) is 0 Å². The van der Waals surface area contributed by atoms with Gasteiger partial charge in [0.05, 0.1) is 17.4 Å². The van der Waals surface area contributed by atoms with Crippen molar-refractivity contribution >= 4 is 30.1 Å². The van der Waals surface area contributed by atoms with Gasteiger partial charge >= 0.3 is 7.12 Å². The van der Waals surface area contributed by atoms with E-state index in [0.29, 0.717) is 17.0 Å². The van der Waals surface area contributed by atoms with E-state index in [0.717, 1.165) is 5.47 Å². The van der Waals surface area contributed by atoms with Crippen molar-refractivity contribution in [3.8, 4) is 6.07 Å². The van der Waals surface area contributed by atoms with Crippen LogP contribution in [0.2, 0.25) is 0 Å². The summed E-state index contributed by atoms with van der Waals surface area (Å²) in [5, 5.41) is 15.6. The first kappa shape index (κ1) is 17.8. The summed E-state index contributed by atoms with van der Waals surface area (Å²) >= 11 is 1.18. The topological polar surface area (TPSA) is 88.0 Å². The molecule has 1 fully saturated rings. The summed E-state index contributed by atoms with van der Waals surface area (Å²) in [7, 11) is -0.562. The molecule has 0 unspecified atom stereocenters. The molecule has 1 aliphatic rings. The number of thioether (sulfide) groups is 1. The van der Waals surface area contributed by atoms with Crippen molar-refractivity contribution in [1.29, 1.82) is 5.26 Å². The Morgan fingerprint density at radius 3 is 2.57 bits per heavy atom. The zero-order valence-electron chi connectivity index (χ0n) is 14.0. The van der Waals surface area contributed by atoms with E-state index in [9.17, 15) is 4.79 Å². The monoisotopic (exact) mass is 333 g/mol. The highest BCUT2D eigenvalue weighted by molar-refractivity contribution is 8.13. The van der Waals surface area contributed by atoms with Gasteiger partial charge in [-0.1, -0.05) is 17.8 Å². The van der Waals surface area contributed by atoms with Crippen LogP contribution >= 0.6 is 11.8 Å². The fraction of sp³-hybridized carbons (Fsp3) is 0.533. The number of hydrogen-bond acceptors (Lipinski definition) is 6. The van der Waals surface area contributed by atoms with Crippen molar-refractivity contribution in [1.82, 2.24) is 10.2 Å². The molecular formula is C15H20BN3O3S. The van der Waals surface area contributed by atoms with Crippen molar-refractivity contribution in [2.45, 2.75) is 45.8 Å². The Balaban J connectivity index is 2.33. The molecule has 0 bridgehead atoms. The van der Waals surface area contributed by atoms with Gasteiger partial charge in [0.2, 0.25) is 0 Å². The second-order valence-corrected chi connectivity index (χ2v) is 7.55. The van der Waals surface area contributed by atoms with Gasteiger partial charge in [0, 0.05) is 18.2 Å². The molecule has 1 aliphatic heterocycles. The number of carbonyl (C=O) groups is 1. The molecule has 0 amide bonds. The van der Waals surface area contributed by atoms with Gasteiger partial charge in [0.1, 0.15) is 11.8 Å². The van der Waals surface area contributed by atoms with E-state index in [1.165, 1.54) is 18.7 Å². The van der Waals surface area contributed by atoms with Crippen LogP contribution in [0, 0.1) is 11.3 Å². The summed E-state index contributed by atoms with van der Waals surface area (Å²) in [6.45, 7) is 9.41. The number of rotatable bonds is 4. The van der Waals surface area contributed by atoms with Crippen LogP contribution in [0.4, 0.5) is 0 Å². The molecule has 0 aromatic carbocycles. The normalized spacial score (nSPS) is 19.7. The van der Waals surface area contributed by atoms with Gasteiger partial charge in [-0.2, -0.15) is 10.4 Å². The molecule has 1 saturated heterocycles. The van der Waals surface area contributed by atoms with Gasteiger partial charge < -0.3 is 9.31 Å². The summed E-state index contributed by atoms with van der Waals surface area (Å²) in [5.74, 6) is 0.433. The molecule has 1 aromatic heterocycles. The van der Waals surface area contributed by atoms with Gasteiger partial charge in [0.25, 0.3) is 0 Å². The molecule has 0 radical (unpaired) electrons. The van der Waals surface area contributed by atoms with E-state index < -0.39 is 18.3 Å². The van der Waals surface area contributed by atoms with Crippen molar-refractivity contribution in [2.75, 3.05) is 5.75 Å². The second kappa shape index (κ2) is 6.52. The fourth-order valence-corrected chi connectivity index (χ4v) is 2.64. The molecule has 0 saturated carbocycles. The van der Waals surface area contributed by atoms with Crippen LogP contribution in [0.15, 0.2) is 11.7 Å². The van der Waals surface area contributed by atoms with Gasteiger partial charge in [-0.15, -0.1) is 0 Å². The van der Waals surface area contributed by atoms with Crippen molar-refractivity contribution in [3.05, 3.63) is 22.9 Å². The molecule has 1 aromatic rings. The van der Waals surface area contributed by atoms with Crippen LogP contribution in [-0.2, 0) is 14.1 Å². The highest BCUT2D eigenvalue weighted by atomic mass is 32.2. The summed E-state index contributed by atoms with van der Waals surface area (Å²) in [6, 6.07) is 2.05. The van der Waals surface area contributed by atoms with Crippen LogP contribution in [0.25, 0.3) is 6.08 Å². The molecule has 122 valence electrons. The van der Waals surface area contributed by atoms with Crippen LogP contribution in [0.1, 0.15) is 45.9 Å². The fourth-order valence-electron chi connectivity index (χ4n) is 2.05. The average molecular weight is 333 g/mol. The Bertz CT molecular complexity index is 660. The number of nitriles is 1. The van der Waals surface area contributed by atoms with Gasteiger partial charge in [-0.05, 0) is 33.2 Å². The third-order valence-corrected chi connectivity index (χ3v) is 5.00. The van der Waals surface area contributed by atoms with Crippen LogP contribution in [0.3, 0.4) is 0 Å². The number of H-pyrrole nitrogens is 1. The molecule has 0 atom stereocenters. The molecule has 2 heterocycles. The number of carbonyl (C=O) groups excluding carboxylic acids is 1. The Labute approximate surface area is 140 Å². The molecule has 6 nitrogen and oxygen atoms in total.